The number of ether oxygens (including phenoxy) is 1. The molecule has 0 N–H and O–H groups in total. The molecule has 0 saturated carbocycles. The van der Waals surface area contributed by atoms with Crippen LogP contribution in [0, 0.1) is 0 Å². The molecule has 2 aromatic heterocycles. The maximum atomic E-state index is 6.26. The fourth-order valence-electron chi connectivity index (χ4n) is 3.62. The lowest BCUT2D eigenvalue weighted by molar-refractivity contribution is -0.138. The van der Waals surface area contributed by atoms with Crippen molar-refractivity contribution in [1.82, 2.24) is 14.8 Å². The van der Waals surface area contributed by atoms with E-state index in [0.717, 1.165) is 58.7 Å². The predicted molar refractivity (Wildman–Crippen MR) is 94.9 cm³/mol. The summed E-state index contributed by atoms with van der Waals surface area (Å²) in [7, 11) is 0. The van der Waals surface area contributed by atoms with Crippen molar-refractivity contribution in [2.24, 2.45) is 0 Å². The molecule has 4 nitrogen and oxygen atoms in total. The third kappa shape index (κ3) is 3.83. The normalized spacial score (nSPS) is 22.6. The quantitative estimate of drug-likeness (QED) is 0.848. The molecule has 6 heteroatoms. The molecule has 0 atom stereocenters. The molecule has 1 spiro atoms. The molecule has 0 radical (unpaired) electrons. The minimum absolute atomic E-state index is 0.0709. The summed E-state index contributed by atoms with van der Waals surface area (Å²) in [4.78, 5) is 11.0. The van der Waals surface area contributed by atoms with Crippen LogP contribution in [0.5, 0.6) is 0 Å². The fourth-order valence-corrected chi connectivity index (χ4v) is 5.03. The Morgan fingerprint density at radius 2 is 2.00 bits per heavy atom. The number of morpholine rings is 1. The molecule has 2 aliphatic heterocycles. The van der Waals surface area contributed by atoms with Gasteiger partial charge in [-0.1, -0.05) is 6.07 Å². The Bertz CT molecular complexity index is 591. The van der Waals surface area contributed by atoms with Crippen LogP contribution in [-0.2, 0) is 17.8 Å². The van der Waals surface area contributed by atoms with E-state index < -0.39 is 0 Å². The van der Waals surface area contributed by atoms with E-state index in [2.05, 4.69) is 37.7 Å². The molecule has 0 aliphatic carbocycles. The monoisotopic (exact) mass is 349 g/mol. The number of likely N-dealkylation sites (tertiary alicyclic amines) is 1. The average Bonchev–Trinajstić information content (AvgIpc) is 3.24. The molecule has 4 heterocycles. The smallest absolute Gasteiger partial charge is 0.107 e. The van der Waals surface area contributed by atoms with Crippen molar-refractivity contribution in [3.05, 3.63) is 39.0 Å². The summed E-state index contributed by atoms with van der Waals surface area (Å²) in [5.41, 5.74) is 0.0709. The molecule has 2 saturated heterocycles. The molecule has 0 amide bonds. The molecular formula is C17H23N3OS2. The van der Waals surface area contributed by atoms with Crippen LogP contribution >= 0.6 is 22.7 Å². The summed E-state index contributed by atoms with van der Waals surface area (Å²) in [6.45, 7) is 7.29. The summed E-state index contributed by atoms with van der Waals surface area (Å²) in [5, 5.41) is 5.45. The highest BCUT2D eigenvalue weighted by Crippen LogP contribution is 2.31. The first-order chi connectivity index (χ1) is 11.3. The number of thiophene rings is 1. The minimum atomic E-state index is 0.0709. The molecule has 0 unspecified atom stereocenters. The molecule has 2 aromatic rings. The highest BCUT2D eigenvalue weighted by atomic mass is 32.1. The number of piperidine rings is 1. The second kappa shape index (κ2) is 6.99. The zero-order valence-corrected chi connectivity index (χ0v) is 15.0. The van der Waals surface area contributed by atoms with Crippen LogP contribution in [-0.4, -0.2) is 53.2 Å². The second-order valence-corrected chi connectivity index (χ2v) is 8.53. The molecule has 2 fully saturated rings. The first kappa shape index (κ1) is 15.7. The Labute approximate surface area is 145 Å². The van der Waals surface area contributed by atoms with E-state index >= 15 is 0 Å². The van der Waals surface area contributed by atoms with Gasteiger partial charge in [0.2, 0.25) is 0 Å². The van der Waals surface area contributed by atoms with E-state index in [1.165, 1.54) is 9.88 Å². The summed E-state index contributed by atoms with van der Waals surface area (Å²) in [5.74, 6) is 0. The number of hydrogen-bond acceptors (Lipinski definition) is 6. The molecule has 2 aliphatic rings. The van der Waals surface area contributed by atoms with Crippen molar-refractivity contribution in [3.8, 4) is 0 Å². The van der Waals surface area contributed by atoms with Crippen LogP contribution in [0.4, 0.5) is 0 Å². The van der Waals surface area contributed by atoms with Crippen LogP contribution in [0.2, 0.25) is 0 Å². The largest absolute Gasteiger partial charge is 0.372 e. The highest BCUT2D eigenvalue weighted by Gasteiger charge is 2.39. The Hall–Kier alpha value is -0.790. The van der Waals surface area contributed by atoms with Crippen molar-refractivity contribution in [3.63, 3.8) is 0 Å². The van der Waals surface area contributed by atoms with Gasteiger partial charge in [0.1, 0.15) is 5.01 Å². The first-order valence-corrected chi connectivity index (χ1v) is 10.1. The van der Waals surface area contributed by atoms with Crippen LogP contribution in [0.3, 0.4) is 0 Å². The van der Waals surface area contributed by atoms with Gasteiger partial charge in [0.25, 0.3) is 0 Å². The van der Waals surface area contributed by atoms with Crippen LogP contribution in [0.25, 0.3) is 0 Å². The number of rotatable bonds is 4. The van der Waals surface area contributed by atoms with Crippen molar-refractivity contribution >= 4 is 22.7 Å². The van der Waals surface area contributed by atoms with Gasteiger partial charge in [-0.05, 0) is 24.3 Å². The average molecular weight is 350 g/mol. The van der Waals surface area contributed by atoms with E-state index in [4.69, 9.17) is 4.74 Å². The van der Waals surface area contributed by atoms with E-state index in [1.54, 1.807) is 11.3 Å². The number of aromatic nitrogens is 1. The Morgan fingerprint density at radius 3 is 2.74 bits per heavy atom. The maximum absolute atomic E-state index is 6.26. The topological polar surface area (TPSA) is 28.6 Å². The van der Waals surface area contributed by atoms with Gasteiger partial charge in [0.05, 0.1) is 18.8 Å². The lowest BCUT2D eigenvalue weighted by Crippen LogP contribution is -2.56. The van der Waals surface area contributed by atoms with Gasteiger partial charge in [-0.15, -0.1) is 22.7 Å². The summed E-state index contributed by atoms with van der Waals surface area (Å²) in [6.07, 6.45) is 4.19. The standard InChI is InChI=1S/C17H23N3OS2/c1-2-15(22-10-1)12-19-6-3-17(4-7-19)14-20(8-9-21-17)13-16-18-5-11-23-16/h1-2,5,10-11H,3-4,6-9,12-14H2. The third-order valence-electron chi connectivity index (χ3n) is 4.90. The van der Waals surface area contributed by atoms with E-state index in [0.29, 0.717) is 0 Å². The van der Waals surface area contributed by atoms with Crippen LogP contribution < -0.4 is 0 Å². The van der Waals surface area contributed by atoms with Gasteiger partial charge in [-0.3, -0.25) is 9.80 Å². The van der Waals surface area contributed by atoms with Gasteiger partial charge < -0.3 is 4.74 Å². The van der Waals surface area contributed by atoms with Crippen LogP contribution in [0.1, 0.15) is 22.7 Å². The summed E-state index contributed by atoms with van der Waals surface area (Å²) >= 11 is 3.61. The molecule has 23 heavy (non-hydrogen) atoms. The minimum Gasteiger partial charge on any atom is -0.372 e. The molecule has 0 aromatic carbocycles. The van der Waals surface area contributed by atoms with Crippen molar-refractivity contribution in [2.45, 2.75) is 31.5 Å². The van der Waals surface area contributed by atoms with Gasteiger partial charge in [0.15, 0.2) is 0 Å². The summed E-state index contributed by atoms with van der Waals surface area (Å²) in [6, 6.07) is 4.38. The number of thiazole rings is 1. The molecular weight excluding hydrogens is 326 g/mol. The van der Waals surface area contributed by atoms with Crippen molar-refractivity contribution in [1.29, 1.82) is 0 Å². The number of hydrogen-bond donors (Lipinski definition) is 0. The Balaban J connectivity index is 1.32. The first-order valence-electron chi connectivity index (χ1n) is 8.31. The summed E-state index contributed by atoms with van der Waals surface area (Å²) < 4.78 is 6.26. The van der Waals surface area contributed by atoms with Crippen molar-refractivity contribution < 1.29 is 4.74 Å². The lowest BCUT2D eigenvalue weighted by atomic mass is 9.89. The molecule has 4 rings (SSSR count). The van der Waals surface area contributed by atoms with Gasteiger partial charge >= 0.3 is 0 Å². The second-order valence-electron chi connectivity index (χ2n) is 6.52. The van der Waals surface area contributed by atoms with E-state index in [9.17, 15) is 0 Å². The fraction of sp³-hybridized carbons (Fsp3) is 0.588. The predicted octanol–water partition coefficient (Wildman–Crippen LogP) is 3.07. The highest BCUT2D eigenvalue weighted by molar-refractivity contribution is 7.10. The zero-order valence-electron chi connectivity index (χ0n) is 13.3. The van der Waals surface area contributed by atoms with E-state index in [-0.39, 0.29) is 5.60 Å². The number of nitrogens with zero attached hydrogens (tertiary/aromatic N) is 3. The molecule has 124 valence electrons. The molecule has 0 bridgehead atoms. The third-order valence-corrected chi connectivity index (χ3v) is 6.52. The van der Waals surface area contributed by atoms with Crippen molar-refractivity contribution in [2.75, 3.05) is 32.8 Å². The van der Waals surface area contributed by atoms with Gasteiger partial charge in [-0.2, -0.15) is 0 Å². The van der Waals surface area contributed by atoms with Gasteiger partial charge in [0, 0.05) is 49.2 Å². The zero-order chi connectivity index (χ0) is 15.5. The lowest BCUT2D eigenvalue weighted by Gasteiger charge is -2.47. The van der Waals surface area contributed by atoms with Gasteiger partial charge in [-0.25, -0.2) is 4.98 Å². The van der Waals surface area contributed by atoms with E-state index in [1.807, 2.05) is 17.5 Å². The Kier molecular flexibility index (Phi) is 4.78. The Morgan fingerprint density at radius 1 is 1.09 bits per heavy atom. The van der Waals surface area contributed by atoms with Crippen LogP contribution in [0.15, 0.2) is 29.1 Å². The SMILES string of the molecule is c1csc(CN2CCC3(CC2)CN(Cc2nccs2)CCO3)c1. The maximum Gasteiger partial charge on any atom is 0.107 e.